The molecular weight excluding hydrogens is 434 g/mol. The Morgan fingerprint density at radius 3 is 2.47 bits per heavy atom. The molecule has 9 nitrogen and oxygen atoms in total. The molecule has 0 aliphatic carbocycles. The van der Waals surface area contributed by atoms with Gasteiger partial charge in [-0.1, -0.05) is 18.2 Å². The molecule has 1 atom stereocenters. The molecule has 176 valence electrons. The highest BCUT2D eigenvalue weighted by atomic mass is 16.5. The van der Waals surface area contributed by atoms with Gasteiger partial charge in [-0.3, -0.25) is 9.59 Å². The van der Waals surface area contributed by atoms with E-state index in [1.54, 1.807) is 44.0 Å². The van der Waals surface area contributed by atoms with Gasteiger partial charge in [-0.2, -0.15) is 10.2 Å². The Morgan fingerprint density at radius 1 is 1.06 bits per heavy atom. The third-order valence-corrected chi connectivity index (χ3v) is 5.83. The van der Waals surface area contributed by atoms with Crippen molar-refractivity contribution in [2.24, 2.45) is 0 Å². The topological polar surface area (TPSA) is 100 Å². The number of aromatic nitrogens is 4. The average molecular weight is 462 g/mol. The van der Waals surface area contributed by atoms with Gasteiger partial charge in [0.1, 0.15) is 17.5 Å². The zero-order chi connectivity index (χ0) is 24.4. The molecule has 0 fully saturated rings. The van der Waals surface area contributed by atoms with Crippen molar-refractivity contribution >= 4 is 16.8 Å². The lowest BCUT2D eigenvalue weighted by atomic mass is 10.1. The van der Waals surface area contributed by atoms with Crippen molar-refractivity contribution in [2.45, 2.75) is 33.4 Å². The van der Waals surface area contributed by atoms with Crippen LogP contribution in [0.15, 0.2) is 53.3 Å². The molecule has 9 heteroatoms. The second-order valence-corrected chi connectivity index (χ2v) is 7.96. The van der Waals surface area contributed by atoms with Crippen LogP contribution in [-0.4, -0.2) is 39.7 Å². The summed E-state index contributed by atoms with van der Waals surface area (Å²) in [6, 6.07) is 14.1. The van der Waals surface area contributed by atoms with E-state index in [4.69, 9.17) is 9.47 Å². The molecular formula is C25H27N5O4. The monoisotopic (exact) mass is 461 g/mol. The summed E-state index contributed by atoms with van der Waals surface area (Å²) in [7, 11) is 3.14. The molecule has 0 bridgehead atoms. The summed E-state index contributed by atoms with van der Waals surface area (Å²) in [5.74, 6) is 0.933. The number of benzene rings is 2. The zero-order valence-electron chi connectivity index (χ0n) is 19.8. The highest BCUT2D eigenvalue weighted by molar-refractivity contribution is 5.84. The van der Waals surface area contributed by atoms with Gasteiger partial charge in [-0.05, 0) is 51.1 Å². The zero-order valence-corrected chi connectivity index (χ0v) is 19.8. The van der Waals surface area contributed by atoms with Gasteiger partial charge in [-0.25, -0.2) is 9.36 Å². The Labute approximate surface area is 196 Å². The highest BCUT2D eigenvalue weighted by Gasteiger charge is 2.23. The van der Waals surface area contributed by atoms with Crippen molar-refractivity contribution in [3.8, 4) is 17.2 Å². The first-order valence-corrected chi connectivity index (χ1v) is 10.9. The van der Waals surface area contributed by atoms with Crippen molar-refractivity contribution in [1.82, 2.24) is 24.9 Å². The molecule has 0 saturated heterocycles. The van der Waals surface area contributed by atoms with Crippen LogP contribution in [0.1, 0.15) is 29.9 Å². The number of nitrogens with one attached hydrogen (secondary N) is 1. The van der Waals surface area contributed by atoms with Crippen LogP contribution in [0.3, 0.4) is 0 Å². The van der Waals surface area contributed by atoms with E-state index in [2.05, 4.69) is 15.5 Å². The molecule has 34 heavy (non-hydrogen) atoms. The van der Waals surface area contributed by atoms with E-state index >= 15 is 0 Å². The number of nitrogens with zero attached hydrogens (tertiary/aromatic N) is 4. The normalized spacial score (nSPS) is 11.9. The van der Waals surface area contributed by atoms with Crippen molar-refractivity contribution in [3.05, 3.63) is 75.8 Å². The number of carbonyl (C=O) groups is 1. The van der Waals surface area contributed by atoms with Crippen LogP contribution in [0, 0.1) is 13.8 Å². The lowest BCUT2D eigenvalue weighted by molar-refractivity contribution is -0.124. The van der Waals surface area contributed by atoms with Crippen LogP contribution in [-0.2, 0) is 11.3 Å². The molecule has 0 aliphatic rings. The van der Waals surface area contributed by atoms with Gasteiger partial charge in [0.25, 0.3) is 5.56 Å². The summed E-state index contributed by atoms with van der Waals surface area (Å²) < 4.78 is 13.5. The van der Waals surface area contributed by atoms with Crippen LogP contribution < -0.4 is 20.3 Å². The number of hydrogen-bond acceptors (Lipinski definition) is 6. The first-order chi connectivity index (χ1) is 16.3. The molecule has 2 heterocycles. The Kier molecular flexibility index (Phi) is 6.36. The summed E-state index contributed by atoms with van der Waals surface area (Å²) in [5, 5.41) is 12.6. The average Bonchev–Trinajstić information content (AvgIpc) is 3.22. The Morgan fingerprint density at radius 2 is 1.79 bits per heavy atom. The standard InChI is InChI=1S/C25H27N5O4/c1-15-22-16(2)29(19-9-7-6-8-10-19)28-23(22)25(32)30(27-15)17(3)24(31)26-14-18-13-20(33-4)11-12-21(18)34-5/h6-13,17H,14H2,1-5H3,(H,26,31)/t17-/m1/s1. The van der Waals surface area contributed by atoms with Crippen LogP contribution in [0.4, 0.5) is 0 Å². The number of aryl methyl sites for hydroxylation is 2. The lowest BCUT2D eigenvalue weighted by Crippen LogP contribution is -2.37. The maximum Gasteiger partial charge on any atom is 0.295 e. The quantitative estimate of drug-likeness (QED) is 0.454. The second kappa shape index (κ2) is 9.38. The number of amides is 1. The maximum absolute atomic E-state index is 13.3. The Bertz CT molecular complexity index is 1410. The van der Waals surface area contributed by atoms with E-state index in [0.29, 0.717) is 22.6 Å². The van der Waals surface area contributed by atoms with Crippen molar-refractivity contribution in [1.29, 1.82) is 0 Å². The lowest BCUT2D eigenvalue weighted by Gasteiger charge is -2.16. The van der Waals surface area contributed by atoms with Gasteiger partial charge in [0.15, 0.2) is 5.52 Å². The number of ether oxygens (including phenoxy) is 2. The predicted octanol–water partition coefficient (Wildman–Crippen LogP) is 3.09. The van der Waals surface area contributed by atoms with Gasteiger partial charge >= 0.3 is 0 Å². The summed E-state index contributed by atoms with van der Waals surface area (Å²) in [6.07, 6.45) is 0. The molecule has 0 unspecified atom stereocenters. The van der Waals surface area contributed by atoms with Crippen molar-refractivity contribution in [2.75, 3.05) is 14.2 Å². The molecule has 1 N–H and O–H groups in total. The summed E-state index contributed by atoms with van der Waals surface area (Å²) in [6.45, 7) is 5.56. The van der Waals surface area contributed by atoms with E-state index in [0.717, 1.165) is 16.9 Å². The van der Waals surface area contributed by atoms with E-state index in [1.807, 2.05) is 44.2 Å². The Hall–Kier alpha value is -4.14. The SMILES string of the molecule is COc1ccc(OC)c(CNC(=O)[C@@H](C)n2nc(C)c3c(C)n(-c4ccccc4)nc3c2=O)c1. The fourth-order valence-electron chi connectivity index (χ4n) is 3.99. The molecule has 2 aromatic carbocycles. The number of hydrogen-bond donors (Lipinski definition) is 1. The fraction of sp³-hybridized carbons (Fsp3) is 0.280. The third kappa shape index (κ3) is 4.12. The third-order valence-electron chi connectivity index (χ3n) is 5.83. The second-order valence-electron chi connectivity index (χ2n) is 7.96. The minimum atomic E-state index is -0.839. The molecule has 4 rings (SSSR count). The highest BCUT2D eigenvalue weighted by Crippen LogP contribution is 2.24. The molecule has 0 aliphatic heterocycles. The van der Waals surface area contributed by atoms with Crippen LogP contribution in [0.25, 0.3) is 16.6 Å². The molecule has 0 spiro atoms. The minimum absolute atomic E-state index is 0.210. The predicted molar refractivity (Wildman–Crippen MR) is 129 cm³/mol. The number of para-hydroxylation sites is 1. The van der Waals surface area contributed by atoms with Crippen LogP contribution in [0.2, 0.25) is 0 Å². The van der Waals surface area contributed by atoms with Gasteiger partial charge in [0.05, 0.1) is 36.7 Å². The summed E-state index contributed by atoms with van der Waals surface area (Å²) >= 11 is 0. The van der Waals surface area contributed by atoms with Gasteiger partial charge in [-0.15, -0.1) is 0 Å². The van der Waals surface area contributed by atoms with Crippen molar-refractivity contribution < 1.29 is 14.3 Å². The summed E-state index contributed by atoms with van der Waals surface area (Å²) in [4.78, 5) is 26.2. The molecule has 0 saturated carbocycles. The first kappa shape index (κ1) is 23.0. The van der Waals surface area contributed by atoms with Gasteiger partial charge < -0.3 is 14.8 Å². The largest absolute Gasteiger partial charge is 0.497 e. The van der Waals surface area contributed by atoms with Gasteiger partial charge in [0, 0.05) is 12.1 Å². The first-order valence-electron chi connectivity index (χ1n) is 10.9. The number of fused-ring (bicyclic) bond motifs is 1. The molecule has 2 aromatic heterocycles. The van der Waals surface area contributed by atoms with Crippen molar-refractivity contribution in [3.63, 3.8) is 0 Å². The van der Waals surface area contributed by atoms with E-state index < -0.39 is 11.6 Å². The molecule has 1 amide bonds. The number of rotatable bonds is 7. The van der Waals surface area contributed by atoms with E-state index in [9.17, 15) is 9.59 Å². The fourth-order valence-corrected chi connectivity index (χ4v) is 3.99. The van der Waals surface area contributed by atoms with E-state index in [-0.39, 0.29) is 18.0 Å². The summed E-state index contributed by atoms with van der Waals surface area (Å²) in [5.41, 5.74) is 2.91. The molecule has 4 aromatic rings. The molecule has 0 radical (unpaired) electrons. The minimum Gasteiger partial charge on any atom is -0.497 e. The van der Waals surface area contributed by atoms with Crippen LogP contribution >= 0.6 is 0 Å². The maximum atomic E-state index is 13.3. The number of carbonyl (C=O) groups excluding carboxylic acids is 1. The number of methoxy groups -OCH3 is 2. The van der Waals surface area contributed by atoms with E-state index in [1.165, 1.54) is 4.68 Å². The van der Waals surface area contributed by atoms with Gasteiger partial charge in [0.2, 0.25) is 5.91 Å². The Balaban J connectivity index is 1.64. The smallest absolute Gasteiger partial charge is 0.295 e. The van der Waals surface area contributed by atoms with Crippen LogP contribution in [0.5, 0.6) is 11.5 Å².